The first kappa shape index (κ1) is 15.9. The number of carbonyl (C=O) groups excluding carboxylic acids is 1. The van der Waals surface area contributed by atoms with Crippen LogP contribution in [0.3, 0.4) is 0 Å². The van der Waals surface area contributed by atoms with Crippen molar-refractivity contribution in [3.63, 3.8) is 0 Å². The van der Waals surface area contributed by atoms with E-state index in [1.54, 1.807) is 17.0 Å². The number of anilines is 1. The predicted octanol–water partition coefficient (Wildman–Crippen LogP) is 1.70. The summed E-state index contributed by atoms with van der Waals surface area (Å²) in [4.78, 5) is 16.2. The molecule has 2 fully saturated rings. The van der Waals surface area contributed by atoms with E-state index in [-0.39, 0.29) is 12.0 Å². The van der Waals surface area contributed by atoms with Crippen LogP contribution >= 0.6 is 0 Å². The van der Waals surface area contributed by atoms with Crippen LogP contribution in [0, 0.1) is 0 Å². The highest BCUT2D eigenvalue weighted by Crippen LogP contribution is 2.40. The molecule has 0 aromatic carbocycles. The molecule has 25 heavy (non-hydrogen) atoms. The van der Waals surface area contributed by atoms with Crippen LogP contribution in [0.25, 0.3) is 0 Å². The van der Waals surface area contributed by atoms with Crippen LogP contribution in [0.5, 0.6) is 5.88 Å². The molecule has 132 valence electrons. The topological polar surface area (TPSA) is 84.6 Å². The fraction of sp³-hybridized carbons (Fsp3) is 0.529. The third-order valence-corrected chi connectivity index (χ3v) is 4.53. The van der Waals surface area contributed by atoms with E-state index in [2.05, 4.69) is 15.4 Å². The maximum atomic E-state index is 12.5. The summed E-state index contributed by atoms with van der Waals surface area (Å²) in [7, 11) is 3.81. The standard InChI is InChI=1S/C17H21N5O3/c1-21(2)15-5-6-16(19-18-15)24-12-7-8-22(10-12)17(23)13-9-14(25-20-13)11-3-4-11/h5-6,9,11-12H,3-4,7-8,10H2,1-2H3/t12-/m0/s1. The minimum Gasteiger partial charge on any atom is -0.471 e. The molecule has 0 unspecified atom stereocenters. The van der Waals surface area contributed by atoms with Crippen molar-refractivity contribution >= 4 is 11.7 Å². The molecule has 3 heterocycles. The second kappa shape index (κ2) is 6.34. The highest BCUT2D eigenvalue weighted by atomic mass is 16.5. The molecule has 0 bridgehead atoms. The van der Waals surface area contributed by atoms with Crippen molar-refractivity contribution < 1.29 is 14.1 Å². The lowest BCUT2D eigenvalue weighted by Crippen LogP contribution is -2.31. The van der Waals surface area contributed by atoms with Crippen molar-refractivity contribution in [2.24, 2.45) is 0 Å². The molecule has 1 saturated carbocycles. The first-order chi connectivity index (χ1) is 12.1. The fourth-order valence-electron chi connectivity index (χ4n) is 2.91. The van der Waals surface area contributed by atoms with Crippen LogP contribution in [-0.2, 0) is 0 Å². The largest absolute Gasteiger partial charge is 0.471 e. The number of amides is 1. The molecule has 0 spiro atoms. The molecule has 8 nitrogen and oxygen atoms in total. The van der Waals surface area contributed by atoms with E-state index in [4.69, 9.17) is 9.26 Å². The van der Waals surface area contributed by atoms with Gasteiger partial charge in [0, 0.05) is 45.1 Å². The van der Waals surface area contributed by atoms with Crippen LogP contribution in [0.4, 0.5) is 5.82 Å². The lowest BCUT2D eigenvalue weighted by molar-refractivity contribution is 0.0760. The summed E-state index contributed by atoms with van der Waals surface area (Å²) in [6.45, 7) is 1.15. The van der Waals surface area contributed by atoms with Gasteiger partial charge in [-0.05, 0) is 18.9 Å². The van der Waals surface area contributed by atoms with Gasteiger partial charge >= 0.3 is 0 Å². The molecule has 2 aromatic heterocycles. The molecule has 2 aromatic rings. The van der Waals surface area contributed by atoms with Crippen LogP contribution in [0.1, 0.15) is 41.4 Å². The average molecular weight is 343 g/mol. The number of hydrogen-bond donors (Lipinski definition) is 0. The number of hydrogen-bond acceptors (Lipinski definition) is 7. The van der Waals surface area contributed by atoms with Gasteiger partial charge in [-0.25, -0.2) is 0 Å². The van der Waals surface area contributed by atoms with Gasteiger partial charge in [0.2, 0.25) is 5.88 Å². The Morgan fingerprint density at radius 2 is 2.12 bits per heavy atom. The number of ether oxygens (including phenoxy) is 1. The number of carbonyl (C=O) groups is 1. The van der Waals surface area contributed by atoms with Crippen LogP contribution in [0.15, 0.2) is 22.7 Å². The van der Waals surface area contributed by atoms with Crippen molar-refractivity contribution in [2.45, 2.75) is 31.3 Å². The zero-order valence-corrected chi connectivity index (χ0v) is 14.4. The van der Waals surface area contributed by atoms with Gasteiger partial charge in [0.15, 0.2) is 11.5 Å². The second-order valence-corrected chi connectivity index (χ2v) is 6.79. The van der Waals surface area contributed by atoms with E-state index in [1.807, 2.05) is 25.1 Å². The summed E-state index contributed by atoms with van der Waals surface area (Å²) in [5.41, 5.74) is 0.387. The monoisotopic (exact) mass is 343 g/mol. The Labute approximate surface area is 145 Å². The summed E-state index contributed by atoms with van der Waals surface area (Å²) in [6, 6.07) is 5.43. The molecular weight excluding hydrogens is 322 g/mol. The molecule has 1 aliphatic heterocycles. The Morgan fingerprint density at radius 1 is 1.28 bits per heavy atom. The van der Waals surface area contributed by atoms with Crippen molar-refractivity contribution in [3.8, 4) is 5.88 Å². The van der Waals surface area contributed by atoms with Crippen LogP contribution < -0.4 is 9.64 Å². The summed E-state index contributed by atoms with van der Waals surface area (Å²) in [6.07, 6.45) is 2.92. The zero-order valence-electron chi connectivity index (χ0n) is 14.4. The van der Waals surface area contributed by atoms with Crippen molar-refractivity contribution in [1.82, 2.24) is 20.3 Å². The molecule has 1 amide bonds. The normalized spacial score (nSPS) is 19.9. The summed E-state index contributed by atoms with van der Waals surface area (Å²) in [5, 5.41) is 12.1. The molecule has 1 saturated heterocycles. The van der Waals surface area contributed by atoms with Crippen molar-refractivity contribution in [2.75, 3.05) is 32.1 Å². The third-order valence-electron chi connectivity index (χ3n) is 4.53. The fourth-order valence-corrected chi connectivity index (χ4v) is 2.91. The maximum absolute atomic E-state index is 12.5. The third kappa shape index (κ3) is 3.42. The van der Waals surface area contributed by atoms with E-state index in [0.717, 1.165) is 30.8 Å². The van der Waals surface area contributed by atoms with Gasteiger partial charge in [-0.2, -0.15) is 0 Å². The van der Waals surface area contributed by atoms with Crippen molar-refractivity contribution in [3.05, 3.63) is 29.7 Å². The van der Waals surface area contributed by atoms with E-state index in [9.17, 15) is 4.79 Å². The molecular formula is C17H21N5O3. The highest BCUT2D eigenvalue weighted by Gasteiger charge is 2.33. The Hall–Kier alpha value is -2.64. The Bertz CT molecular complexity index is 754. The number of rotatable bonds is 5. The van der Waals surface area contributed by atoms with E-state index >= 15 is 0 Å². The van der Waals surface area contributed by atoms with E-state index in [0.29, 0.717) is 30.6 Å². The Kier molecular flexibility index (Phi) is 4.03. The summed E-state index contributed by atoms with van der Waals surface area (Å²) in [5.74, 6) is 2.42. The first-order valence-corrected chi connectivity index (χ1v) is 8.54. The quantitative estimate of drug-likeness (QED) is 0.817. The number of nitrogens with zero attached hydrogens (tertiary/aromatic N) is 5. The van der Waals surface area contributed by atoms with Gasteiger partial charge < -0.3 is 19.1 Å². The zero-order chi connectivity index (χ0) is 17.4. The van der Waals surface area contributed by atoms with Gasteiger partial charge in [0.25, 0.3) is 5.91 Å². The predicted molar refractivity (Wildman–Crippen MR) is 89.8 cm³/mol. The first-order valence-electron chi connectivity index (χ1n) is 8.54. The average Bonchev–Trinajstić information content (AvgIpc) is 3.16. The van der Waals surface area contributed by atoms with Gasteiger partial charge in [-0.15, -0.1) is 10.2 Å². The highest BCUT2D eigenvalue weighted by molar-refractivity contribution is 5.92. The molecule has 2 aliphatic rings. The number of aromatic nitrogens is 3. The number of likely N-dealkylation sites (tertiary alicyclic amines) is 1. The van der Waals surface area contributed by atoms with Crippen molar-refractivity contribution in [1.29, 1.82) is 0 Å². The molecule has 1 aliphatic carbocycles. The minimum atomic E-state index is -0.101. The van der Waals surface area contributed by atoms with Gasteiger partial charge in [-0.3, -0.25) is 4.79 Å². The summed E-state index contributed by atoms with van der Waals surface area (Å²) >= 11 is 0. The molecule has 8 heteroatoms. The lowest BCUT2D eigenvalue weighted by atomic mass is 10.2. The lowest BCUT2D eigenvalue weighted by Gasteiger charge is -2.16. The van der Waals surface area contributed by atoms with Crippen LogP contribution in [-0.4, -0.2) is 59.4 Å². The van der Waals surface area contributed by atoms with Gasteiger partial charge in [-0.1, -0.05) is 5.16 Å². The molecule has 0 N–H and O–H groups in total. The van der Waals surface area contributed by atoms with Gasteiger partial charge in [0.05, 0.1) is 6.54 Å². The van der Waals surface area contributed by atoms with E-state index in [1.165, 1.54) is 0 Å². The SMILES string of the molecule is CN(C)c1ccc(O[C@H]2CCN(C(=O)c3cc(C4CC4)on3)C2)nn1. The molecule has 4 rings (SSSR count). The van der Waals surface area contributed by atoms with Gasteiger partial charge in [0.1, 0.15) is 11.9 Å². The maximum Gasteiger partial charge on any atom is 0.276 e. The van der Waals surface area contributed by atoms with Crippen LogP contribution in [0.2, 0.25) is 0 Å². The minimum absolute atomic E-state index is 0.0849. The second-order valence-electron chi connectivity index (χ2n) is 6.79. The smallest absolute Gasteiger partial charge is 0.276 e. The Morgan fingerprint density at radius 3 is 2.80 bits per heavy atom. The molecule has 1 atom stereocenters. The summed E-state index contributed by atoms with van der Waals surface area (Å²) < 4.78 is 11.1. The molecule has 0 radical (unpaired) electrons. The van der Waals surface area contributed by atoms with E-state index < -0.39 is 0 Å². The Balaban J connectivity index is 1.34.